The van der Waals surface area contributed by atoms with Crippen molar-refractivity contribution in [2.24, 2.45) is 0 Å². The predicted octanol–water partition coefficient (Wildman–Crippen LogP) is 4.26. The number of hydrogen-bond donors (Lipinski definition) is 2. The van der Waals surface area contributed by atoms with E-state index in [1.165, 1.54) is 5.57 Å². The lowest BCUT2D eigenvalue weighted by molar-refractivity contribution is 0.427. The Hall–Kier alpha value is -1.44. The average Bonchev–Trinajstić information content (AvgIpc) is 2.28. The molecule has 0 radical (unpaired) electrons. The largest absolute Gasteiger partial charge is 0.507 e. The van der Waals surface area contributed by atoms with Crippen LogP contribution in [0.3, 0.4) is 0 Å². The van der Waals surface area contributed by atoms with Crippen LogP contribution in [0.25, 0.3) is 0 Å². The molecule has 18 heavy (non-hydrogen) atoms. The molecular weight excluding hydrogens is 224 g/mol. The van der Waals surface area contributed by atoms with Crippen LogP contribution in [0.4, 0.5) is 0 Å². The molecule has 2 nitrogen and oxygen atoms in total. The van der Waals surface area contributed by atoms with Gasteiger partial charge in [0.15, 0.2) is 0 Å². The van der Waals surface area contributed by atoms with Crippen LogP contribution in [0.15, 0.2) is 23.8 Å². The number of hydrogen-bond acceptors (Lipinski definition) is 2. The molecule has 2 N–H and O–H groups in total. The minimum Gasteiger partial charge on any atom is -0.507 e. The maximum atomic E-state index is 10.1. The van der Waals surface area contributed by atoms with Crippen LogP contribution in [-0.4, -0.2) is 10.2 Å². The minimum atomic E-state index is 0.162. The second-order valence-electron chi connectivity index (χ2n) is 5.31. The molecule has 1 aromatic rings. The third-order valence-corrected chi connectivity index (χ3v) is 3.68. The Morgan fingerprint density at radius 2 is 1.89 bits per heavy atom. The van der Waals surface area contributed by atoms with Crippen LogP contribution in [0.1, 0.15) is 56.6 Å². The molecule has 0 spiro atoms. The van der Waals surface area contributed by atoms with Gasteiger partial charge in [-0.15, -0.1) is 0 Å². The number of allylic oxidation sites excluding steroid dienone is 2. The van der Waals surface area contributed by atoms with Gasteiger partial charge in [0, 0.05) is 11.5 Å². The Bertz CT molecular complexity index is 437. The fourth-order valence-electron chi connectivity index (χ4n) is 2.83. The lowest BCUT2D eigenvalue weighted by Crippen LogP contribution is -2.03. The van der Waals surface area contributed by atoms with E-state index >= 15 is 0 Å². The van der Waals surface area contributed by atoms with E-state index in [-0.39, 0.29) is 17.4 Å². The van der Waals surface area contributed by atoms with Crippen molar-refractivity contribution in [3.05, 3.63) is 34.9 Å². The third kappa shape index (κ3) is 2.69. The molecule has 0 fully saturated rings. The standard InChI is InChI=1S/C16H22O2/c1-3-5-12-9-14(17)16(15(18)10-12)13-7-4-6-11(2)8-13/h8-10,13,17-18H,3-7H2,1-2H3. The molecule has 0 heterocycles. The van der Waals surface area contributed by atoms with Crippen molar-refractivity contribution in [1.82, 2.24) is 0 Å². The molecule has 0 bridgehead atoms. The summed E-state index contributed by atoms with van der Waals surface area (Å²) in [6.45, 7) is 4.21. The molecule has 1 aliphatic rings. The molecule has 1 aromatic carbocycles. The summed E-state index contributed by atoms with van der Waals surface area (Å²) >= 11 is 0. The van der Waals surface area contributed by atoms with Gasteiger partial charge < -0.3 is 10.2 Å². The zero-order valence-corrected chi connectivity index (χ0v) is 11.2. The van der Waals surface area contributed by atoms with Crippen molar-refractivity contribution in [3.8, 4) is 11.5 Å². The lowest BCUT2D eigenvalue weighted by Gasteiger charge is -2.22. The van der Waals surface area contributed by atoms with E-state index in [0.717, 1.165) is 37.7 Å². The first-order valence-electron chi connectivity index (χ1n) is 6.84. The Balaban J connectivity index is 2.36. The molecule has 1 atom stereocenters. The van der Waals surface area contributed by atoms with E-state index < -0.39 is 0 Å². The monoisotopic (exact) mass is 246 g/mol. The SMILES string of the molecule is CCCc1cc(O)c(C2C=C(C)CCC2)c(O)c1. The summed E-state index contributed by atoms with van der Waals surface area (Å²) < 4.78 is 0. The molecule has 1 aliphatic carbocycles. The Kier molecular flexibility index (Phi) is 3.95. The normalized spacial score (nSPS) is 19.7. The smallest absolute Gasteiger partial charge is 0.123 e. The highest BCUT2D eigenvalue weighted by Gasteiger charge is 2.21. The van der Waals surface area contributed by atoms with Crippen molar-refractivity contribution in [2.45, 2.75) is 51.9 Å². The fourth-order valence-corrected chi connectivity index (χ4v) is 2.83. The van der Waals surface area contributed by atoms with Crippen LogP contribution in [0.5, 0.6) is 11.5 Å². The quantitative estimate of drug-likeness (QED) is 0.782. The first-order valence-corrected chi connectivity index (χ1v) is 6.84. The molecular formula is C16H22O2. The molecule has 0 aliphatic heterocycles. The molecule has 0 amide bonds. The van der Waals surface area contributed by atoms with E-state index in [0.29, 0.717) is 5.56 Å². The van der Waals surface area contributed by atoms with E-state index in [1.807, 2.05) is 0 Å². The summed E-state index contributed by atoms with van der Waals surface area (Å²) in [5.74, 6) is 0.651. The molecule has 98 valence electrons. The summed E-state index contributed by atoms with van der Waals surface area (Å²) in [4.78, 5) is 0. The van der Waals surface area contributed by atoms with Crippen LogP contribution >= 0.6 is 0 Å². The molecule has 2 rings (SSSR count). The minimum absolute atomic E-state index is 0.162. The van der Waals surface area contributed by atoms with Gasteiger partial charge in [-0.1, -0.05) is 25.0 Å². The van der Waals surface area contributed by atoms with E-state index in [2.05, 4.69) is 19.9 Å². The zero-order valence-electron chi connectivity index (χ0n) is 11.2. The van der Waals surface area contributed by atoms with Gasteiger partial charge in [0.2, 0.25) is 0 Å². The Labute approximate surface area is 109 Å². The van der Waals surface area contributed by atoms with Gasteiger partial charge in [-0.05, 0) is 50.3 Å². The van der Waals surface area contributed by atoms with E-state index in [9.17, 15) is 10.2 Å². The predicted molar refractivity (Wildman–Crippen MR) is 74.1 cm³/mol. The summed E-state index contributed by atoms with van der Waals surface area (Å²) in [5, 5.41) is 20.3. The fraction of sp³-hybridized carbons (Fsp3) is 0.500. The Morgan fingerprint density at radius 3 is 2.44 bits per heavy atom. The van der Waals surface area contributed by atoms with Gasteiger partial charge in [0.05, 0.1) is 0 Å². The summed E-state index contributed by atoms with van der Waals surface area (Å²) in [5.41, 5.74) is 3.06. The average molecular weight is 246 g/mol. The highest BCUT2D eigenvalue weighted by molar-refractivity contribution is 5.50. The van der Waals surface area contributed by atoms with Crippen LogP contribution < -0.4 is 0 Å². The van der Waals surface area contributed by atoms with Crippen molar-refractivity contribution < 1.29 is 10.2 Å². The molecule has 0 aromatic heterocycles. The molecule has 0 saturated carbocycles. The lowest BCUT2D eigenvalue weighted by atomic mass is 9.84. The van der Waals surface area contributed by atoms with Gasteiger partial charge >= 0.3 is 0 Å². The van der Waals surface area contributed by atoms with Gasteiger partial charge in [-0.2, -0.15) is 0 Å². The molecule has 1 unspecified atom stereocenters. The van der Waals surface area contributed by atoms with Crippen molar-refractivity contribution in [1.29, 1.82) is 0 Å². The first kappa shape index (κ1) is 13.0. The highest BCUT2D eigenvalue weighted by Crippen LogP contribution is 2.41. The maximum absolute atomic E-state index is 10.1. The second kappa shape index (κ2) is 5.47. The molecule has 2 heteroatoms. The van der Waals surface area contributed by atoms with Crippen molar-refractivity contribution in [3.63, 3.8) is 0 Å². The van der Waals surface area contributed by atoms with Gasteiger partial charge in [0.1, 0.15) is 11.5 Å². The maximum Gasteiger partial charge on any atom is 0.123 e. The summed E-state index contributed by atoms with van der Waals surface area (Å²) in [7, 11) is 0. The van der Waals surface area contributed by atoms with Gasteiger partial charge in [-0.25, -0.2) is 0 Å². The number of aromatic hydroxyl groups is 2. The zero-order chi connectivity index (χ0) is 13.1. The second-order valence-corrected chi connectivity index (χ2v) is 5.31. The van der Waals surface area contributed by atoms with Crippen molar-refractivity contribution in [2.75, 3.05) is 0 Å². The van der Waals surface area contributed by atoms with Gasteiger partial charge in [0.25, 0.3) is 0 Å². The van der Waals surface area contributed by atoms with E-state index in [4.69, 9.17) is 0 Å². The van der Waals surface area contributed by atoms with Crippen LogP contribution in [-0.2, 0) is 6.42 Å². The number of phenols is 2. The van der Waals surface area contributed by atoms with Crippen LogP contribution in [0.2, 0.25) is 0 Å². The number of phenolic OH excluding ortho intramolecular Hbond substituents is 2. The van der Waals surface area contributed by atoms with Crippen molar-refractivity contribution >= 4 is 0 Å². The Morgan fingerprint density at radius 1 is 1.22 bits per heavy atom. The highest BCUT2D eigenvalue weighted by atomic mass is 16.3. The molecule has 0 saturated heterocycles. The van der Waals surface area contributed by atoms with Gasteiger partial charge in [-0.3, -0.25) is 0 Å². The van der Waals surface area contributed by atoms with Crippen LogP contribution in [0, 0.1) is 0 Å². The third-order valence-electron chi connectivity index (χ3n) is 3.68. The number of rotatable bonds is 3. The number of benzene rings is 1. The summed E-state index contributed by atoms with van der Waals surface area (Å²) in [6.07, 6.45) is 7.35. The number of aryl methyl sites for hydroxylation is 1. The topological polar surface area (TPSA) is 40.5 Å². The summed E-state index contributed by atoms with van der Waals surface area (Å²) in [6, 6.07) is 3.60. The first-order chi connectivity index (χ1) is 8.61. The van der Waals surface area contributed by atoms with E-state index in [1.54, 1.807) is 12.1 Å².